The lowest BCUT2D eigenvalue weighted by Crippen LogP contribution is -2.28. The summed E-state index contributed by atoms with van der Waals surface area (Å²) < 4.78 is 5.77. The van der Waals surface area contributed by atoms with Crippen molar-refractivity contribution in [2.24, 2.45) is 14.1 Å². The predicted molar refractivity (Wildman–Crippen MR) is 101 cm³/mol. The van der Waals surface area contributed by atoms with Gasteiger partial charge >= 0.3 is 0 Å². The zero-order valence-corrected chi connectivity index (χ0v) is 14.8. The van der Waals surface area contributed by atoms with Gasteiger partial charge in [0.25, 0.3) is 5.01 Å². The number of aryl methyl sites for hydroxylation is 2. The van der Waals surface area contributed by atoms with E-state index in [1.54, 1.807) is 0 Å². The van der Waals surface area contributed by atoms with Crippen molar-refractivity contribution >= 4 is 38.5 Å². The molecular formula is C21H20N2S+2. The van der Waals surface area contributed by atoms with E-state index in [9.17, 15) is 0 Å². The van der Waals surface area contributed by atoms with E-state index in [1.807, 2.05) is 11.3 Å². The van der Waals surface area contributed by atoms with E-state index in [0.29, 0.717) is 0 Å². The van der Waals surface area contributed by atoms with Crippen LogP contribution in [0.3, 0.4) is 0 Å². The van der Waals surface area contributed by atoms with Crippen LogP contribution in [0.2, 0.25) is 0 Å². The van der Waals surface area contributed by atoms with E-state index in [-0.39, 0.29) is 0 Å². The molecule has 4 aromatic rings. The summed E-state index contributed by atoms with van der Waals surface area (Å²) in [6, 6.07) is 19.4. The third-order valence-electron chi connectivity index (χ3n) is 4.50. The van der Waals surface area contributed by atoms with Crippen molar-refractivity contribution in [3.8, 4) is 0 Å². The van der Waals surface area contributed by atoms with E-state index in [2.05, 4.69) is 96.2 Å². The first kappa shape index (κ1) is 15.0. The van der Waals surface area contributed by atoms with Crippen molar-refractivity contribution in [1.82, 2.24) is 0 Å². The molecule has 0 saturated heterocycles. The minimum absolute atomic E-state index is 0.940. The fourth-order valence-corrected chi connectivity index (χ4v) is 4.24. The van der Waals surface area contributed by atoms with Gasteiger partial charge in [-0.05, 0) is 24.1 Å². The van der Waals surface area contributed by atoms with E-state index in [4.69, 9.17) is 0 Å². The molecule has 0 N–H and O–H groups in total. The zero-order chi connectivity index (χ0) is 16.5. The average molecular weight is 332 g/mol. The molecule has 4 rings (SSSR count). The van der Waals surface area contributed by atoms with Crippen molar-refractivity contribution in [2.45, 2.75) is 6.42 Å². The third kappa shape index (κ3) is 2.61. The van der Waals surface area contributed by atoms with Crippen LogP contribution < -0.4 is 9.13 Å². The fourth-order valence-electron chi connectivity index (χ4n) is 3.16. The van der Waals surface area contributed by atoms with Gasteiger partial charge < -0.3 is 0 Å². The largest absolute Gasteiger partial charge is 0.262 e. The van der Waals surface area contributed by atoms with Gasteiger partial charge in [-0.15, -0.1) is 0 Å². The molecule has 0 amide bonds. The van der Waals surface area contributed by atoms with E-state index in [0.717, 1.165) is 6.42 Å². The van der Waals surface area contributed by atoms with Gasteiger partial charge in [-0.2, -0.15) is 4.57 Å². The van der Waals surface area contributed by atoms with Crippen LogP contribution in [0.25, 0.3) is 27.2 Å². The topological polar surface area (TPSA) is 7.76 Å². The zero-order valence-electron chi connectivity index (χ0n) is 13.9. The highest BCUT2D eigenvalue weighted by Gasteiger charge is 2.13. The summed E-state index contributed by atoms with van der Waals surface area (Å²) in [5.74, 6) is 0. The molecule has 0 aliphatic rings. The van der Waals surface area contributed by atoms with E-state index in [1.165, 1.54) is 31.7 Å². The molecule has 2 heterocycles. The number of rotatable bonds is 3. The Labute approximate surface area is 145 Å². The molecule has 0 aliphatic heterocycles. The number of benzene rings is 2. The molecule has 0 spiro atoms. The lowest BCUT2D eigenvalue weighted by atomic mass is 10.1. The molecule has 0 fully saturated rings. The Morgan fingerprint density at radius 1 is 0.917 bits per heavy atom. The first-order valence-electron chi connectivity index (χ1n) is 8.14. The van der Waals surface area contributed by atoms with Crippen LogP contribution in [0, 0.1) is 0 Å². The van der Waals surface area contributed by atoms with Gasteiger partial charge in [0.05, 0.1) is 0 Å². The number of thiazole rings is 1. The normalized spacial score (nSPS) is 11.8. The predicted octanol–water partition coefficient (Wildman–Crippen LogP) is 3.96. The van der Waals surface area contributed by atoms with Crippen LogP contribution in [-0.4, -0.2) is 0 Å². The third-order valence-corrected chi connectivity index (χ3v) is 5.68. The second kappa shape index (κ2) is 6.17. The van der Waals surface area contributed by atoms with Gasteiger partial charge in [0, 0.05) is 29.7 Å². The average Bonchev–Trinajstić information content (AvgIpc) is 2.94. The molecular weight excluding hydrogens is 312 g/mol. The summed E-state index contributed by atoms with van der Waals surface area (Å²) in [5, 5.41) is 2.61. The number of fused-ring (bicyclic) bond motifs is 2. The van der Waals surface area contributed by atoms with Crippen LogP contribution in [0.15, 0.2) is 66.9 Å². The van der Waals surface area contributed by atoms with E-state index < -0.39 is 0 Å². The highest BCUT2D eigenvalue weighted by molar-refractivity contribution is 7.18. The smallest absolute Gasteiger partial charge is 0.201 e. The molecule has 0 atom stereocenters. The number of hydrogen-bond acceptors (Lipinski definition) is 1. The van der Waals surface area contributed by atoms with Crippen molar-refractivity contribution in [3.05, 3.63) is 77.4 Å². The Morgan fingerprint density at radius 3 is 2.50 bits per heavy atom. The van der Waals surface area contributed by atoms with Crippen molar-refractivity contribution in [3.63, 3.8) is 0 Å². The molecule has 0 bridgehead atoms. The van der Waals surface area contributed by atoms with Gasteiger partial charge in [0.2, 0.25) is 11.0 Å². The highest BCUT2D eigenvalue weighted by atomic mass is 32.1. The Bertz CT molecular complexity index is 1060. The van der Waals surface area contributed by atoms with Crippen molar-refractivity contribution in [1.29, 1.82) is 0 Å². The second-order valence-electron chi connectivity index (χ2n) is 6.04. The maximum absolute atomic E-state index is 2.27. The molecule has 3 heteroatoms. The number of aromatic nitrogens is 2. The molecule has 2 aromatic heterocycles. The van der Waals surface area contributed by atoms with Gasteiger partial charge in [-0.25, -0.2) is 4.57 Å². The van der Waals surface area contributed by atoms with Crippen LogP contribution in [0.1, 0.15) is 10.6 Å². The SMILES string of the molecule is C[n+]1ccc(C/C=C\c2sc3ccccc3[n+]2C)c2ccccc21. The standard InChI is InChI=1S/C21H20N2S/c1-22-15-14-16(17-9-3-4-10-18(17)22)8-7-13-21-23(2)19-11-5-6-12-20(19)24-21/h3-7,9-15H,8H2,1-2H3/q+2/b13-7-. The molecule has 24 heavy (non-hydrogen) atoms. The Hall–Kier alpha value is -2.52. The first-order valence-corrected chi connectivity index (χ1v) is 8.96. The number of pyridine rings is 1. The summed E-state index contributed by atoms with van der Waals surface area (Å²) in [6.07, 6.45) is 7.60. The van der Waals surface area contributed by atoms with Crippen LogP contribution >= 0.6 is 11.3 Å². The summed E-state index contributed by atoms with van der Waals surface area (Å²) >= 11 is 1.84. The molecule has 0 unspecified atom stereocenters. The summed E-state index contributed by atoms with van der Waals surface area (Å²) in [4.78, 5) is 0. The van der Waals surface area contributed by atoms with Crippen molar-refractivity contribution < 1.29 is 9.13 Å². The molecule has 0 radical (unpaired) electrons. The number of nitrogens with zero attached hydrogens (tertiary/aromatic N) is 2. The maximum atomic E-state index is 2.27. The Morgan fingerprint density at radius 2 is 1.67 bits per heavy atom. The molecule has 2 aromatic carbocycles. The van der Waals surface area contributed by atoms with Gasteiger partial charge in [-0.3, -0.25) is 0 Å². The minimum atomic E-state index is 0.940. The van der Waals surface area contributed by atoms with Crippen LogP contribution in [0.4, 0.5) is 0 Å². The fraction of sp³-hybridized carbons (Fsp3) is 0.143. The lowest BCUT2D eigenvalue weighted by molar-refractivity contribution is -0.644. The van der Waals surface area contributed by atoms with Gasteiger partial charge in [-0.1, -0.05) is 41.7 Å². The van der Waals surface area contributed by atoms with Crippen molar-refractivity contribution in [2.75, 3.05) is 0 Å². The Balaban J connectivity index is 1.66. The maximum Gasteiger partial charge on any atom is 0.262 e. The quantitative estimate of drug-likeness (QED) is 0.502. The first-order chi connectivity index (χ1) is 11.7. The molecule has 118 valence electrons. The molecule has 0 aliphatic carbocycles. The number of para-hydroxylation sites is 2. The highest BCUT2D eigenvalue weighted by Crippen LogP contribution is 2.21. The monoisotopic (exact) mass is 332 g/mol. The summed E-state index contributed by atoms with van der Waals surface area (Å²) in [7, 11) is 4.23. The molecule has 2 nitrogen and oxygen atoms in total. The van der Waals surface area contributed by atoms with Gasteiger partial charge in [0.15, 0.2) is 6.20 Å². The second-order valence-corrected chi connectivity index (χ2v) is 7.10. The lowest BCUT2D eigenvalue weighted by Gasteiger charge is -2.02. The molecule has 0 saturated carbocycles. The van der Waals surface area contributed by atoms with Crippen LogP contribution in [-0.2, 0) is 20.5 Å². The number of hydrogen-bond donors (Lipinski definition) is 0. The Kier molecular flexibility index (Phi) is 3.87. The summed E-state index contributed by atoms with van der Waals surface area (Å²) in [6.45, 7) is 0. The van der Waals surface area contributed by atoms with Crippen LogP contribution in [0.5, 0.6) is 0 Å². The van der Waals surface area contributed by atoms with E-state index >= 15 is 0 Å². The summed E-state index contributed by atoms with van der Waals surface area (Å²) in [5.41, 5.74) is 3.93. The van der Waals surface area contributed by atoms with Gasteiger partial charge in [0.1, 0.15) is 18.8 Å². The minimum Gasteiger partial charge on any atom is -0.201 e. The number of allylic oxidation sites excluding steroid dienone is 1.